The molecule has 0 aliphatic rings. The number of halogens is 2. The molecule has 0 saturated carbocycles. The number of hydrogen-bond donors (Lipinski definition) is 0. The second-order valence-corrected chi connectivity index (χ2v) is 5.52. The molecule has 0 saturated heterocycles. The highest BCUT2D eigenvalue weighted by atomic mass is 35.5. The largest absolute Gasteiger partial charge is 0.482 e. The number of benzene rings is 2. The fourth-order valence-electron chi connectivity index (χ4n) is 1.89. The topological polar surface area (TPSA) is 91.3 Å². The molecule has 3 aromatic rings. The standard InChI is InChI=1S/C15H9Cl2N3O4/c16-10-3-6-13(12(17)7-10)23-8-14-18-15(19-24-14)9-1-4-11(5-2-9)20(21)22/h1-7H,8H2. The fourth-order valence-corrected chi connectivity index (χ4v) is 2.36. The second kappa shape index (κ2) is 6.86. The molecule has 0 atom stereocenters. The number of hydrogen-bond acceptors (Lipinski definition) is 6. The van der Waals surface area contributed by atoms with Gasteiger partial charge in [-0.2, -0.15) is 4.98 Å². The first-order valence-electron chi connectivity index (χ1n) is 6.68. The first kappa shape index (κ1) is 16.2. The molecule has 0 N–H and O–H groups in total. The van der Waals surface area contributed by atoms with Crippen LogP contribution in [0.2, 0.25) is 10.0 Å². The Hall–Kier alpha value is -2.64. The van der Waals surface area contributed by atoms with Crippen molar-refractivity contribution in [2.24, 2.45) is 0 Å². The van der Waals surface area contributed by atoms with E-state index in [0.29, 0.717) is 27.2 Å². The lowest BCUT2D eigenvalue weighted by atomic mass is 10.2. The van der Waals surface area contributed by atoms with Gasteiger partial charge in [-0.3, -0.25) is 10.1 Å². The van der Waals surface area contributed by atoms with E-state index in [2.05, 4.69) is 10.1 Å². The number of non-ortho nitro benzene ring substituents is 1. The summed E-state index contributed by atoms with van der Waals surface area (Å²) in [6.45, 7) is 0.0291. The van der Waals surface area contributed by atoms with Gasteiger partial charge in [-0.1, -0.05) is 28.4 Å². The Morgan fingerprint density at radius 2 is 1.92 bits per heavy atom. The van der Waals surface area contributed by atoms with Crippen molar-refractivity contribution in [2.75, 3.05) is 0 Å². The van der Waals surface area contributed by atoms with E-state index in [1.807, 2.05) is 0 Å². The number of ether oxygens (including phenoxy) is 1. The SMILES string of the molecule is O=[N+]([O-])c1ccc(-c2noc(COc3ccc(Cl)cc3Cl)n2)cc1. The summed E-state index contributed by atoms with van der Waals surface area (Å²) in [5.41, 5.74) is 0.586. The van der Waals surface area contributed by atoms with Gasteiger partial charge in [-0.15, -0.1) is 0 Å². The number of rotatable bonds is 5. The normalized spacial score (nSPS) is 10.6. The van der Waals surface area contributed by atoms with E-state index in [9.17, 15) is 10.1 Å². The maximum absolute atomic E-state index is 10.6. The van der Waals surface area contributed by atoms with Gasteiger partial charge in [0.2, 0.25) is 5.82 Å². The molecule has 3 rings (SSSR count). The molecule has 0 fully saturated rings. The molecule has 0 bridgehead atoms. The van der Waals surface area contributed by atoms with Crippen LogP contribution in [-0.4, -0.2) is 15.1 Å². The fraction of sp³-hybridized carbons (Fsp3) is 0.0667. The average molecular weight is 366 g/mol. The van der Waals surface area contributed by atoms with Crippen LogP contribution in [0.4, 0.5) is 5.69 Å². The van der Waals surface area contributed by atoms with Crippen LogP contribution >= 0.6 is 23.2 Å². The van der Waals surface area contributed by atoms with Gasteiger partial charge >= 0.3 is 0 Å². The van der Waals surface area contributed by atoms with Crippen LogP contribution in [0.15, 0.2) is 47.0 Å². The van der Waals surface area contributed by atoms with Crippen molar-refractivity contribution >= 4 is 28.9 Å². The third kappa shape index (κ3) is 3.64. The van der Waals surface area contributed by atoms with Gasteiger partial charge in [0.25, 0.3) is 11.6 Å². The average Bonchev–Trinajstić information content (AvgIpc) is 3.03. The Morgan fingerprint density at radius 3 is 2.58 bits per heavy atom. The van der Waals surface area contributed by atoms with Crippen LogP contribution in [0.3, 0.4) is 0 Å². The summed E-state index contributed by atoms with van der Waals surface area (Å²) in [5.74, 6) is 0.997. The maximum Gasteiger partial charge on any atom is 0.269 e. The van der Waals surface area contributed by atoms with Crippen molar-refractivity contribution in [1.82, 2.24) is 10.1 Å². The number of nitro benzene ring substituents is 1. The van der Waals surface area contributed by atoms with Crippen LogP contribution in [0.25, 0.3) is 11.4 Å². The number of nitrogens with zero attached hydrogens (tertiary/aromatic N) is 3. The summed E-state index contributed by atoms with van der Waals surface area (Å²) < 4.78 is 10.6. The predicted molar refractivity (Wildman–Crippen MR) is 87.2 cm³/mol. The molecule has 0 unspecified atom stereocenters. The predicted octanol–water partition coefficient (Wildman–Crippen LogP) is 4.53. The van der Waals surface area contributed by atoms with E-state index in [1.54, 1.807) is 30.3 Å². The van der Waals surface area contributed by atoms with Gasteiger partial charge < -0.3 is 9.26 Å². The minimum absolute atomic E-state index is 0.0109. The van der Waals surface area contributed by atoms with E-state index in [-0.39, 0.29) is 18.2 Å². The van der Waals surface area contributed by atoms with Gasteiger partial charge in [0.1, 0.15) is 5.75 Å². The van der Waals surface area contributed by atoms with E-state index in [4.69, 9.17) is 32.5 Å². The Labute approximate surface area is 145 Å². The summed E-state index contributed by atoms with van der Waals surface area (Å²) in [4.78, 5) is 14.3. The van der Waals surface area contributed by atoms with Gasteiger partial charge in [-0.05, 0) is 30.3 Å². The highest BCUT2D eigenvalue weighted by Crippen LogP contribution is 2.28. The molecular formula is C15H9Cl2N3O4. The van der Waals surface area contributed by atoms with Crippen LogP contribution in [0.1, 0.15) is 5.89 Å². The first-order chi connectivity index (χ1) is 11.5. The van der Waals surface area contributed by atoms with E-state index in [1.165, 1.54) is 12.1 Å². The summed E-state index contributed by atoms with van der Waals surface area (Å²) in [5, 5.41) is 15.3. The molecule has 0 spiro atoms. The van der Waals surface area contributed by atoms with Gasteiger partial charge in [-0.25, -0.2) is 0 Å². The van der Waals surface area contributed by atoms with Crippen LogP contribution in [0, 0.1) is 10.1 Å². The smallest absolute Gasteiger partial charge is 0.269 e. The van der Waals surface area contributed by atoms with Gasteiger partial charge in [0.15, 0.2) is 6.61 Å². The minimum Gasteiger partial charge on any atom is -0.482 e. The van der Waals surface area contributed by atoms with Crippen molar-refractivity contribution in [2.45, 2.75) is 6.61 Å². The molecule has 0 radical (unpaired) electrons. The zero-order valence-electron chi connectivity index (χ0n) is 12.0. The highest BCUT2D eigenvalue weighted by molar-refractivity contribution is 6.35. The molecule has 7 nitrogen and oxygen atoms in total. The Balaban J connectivity index is 1.70. The lowest BCUT2D eigenvalue weighted by molar-refractivity contribution is -0.384. The molecule has 0 amide bonds. The Bertz CT molecular complexity index is 881. The third-order valence-corrected chi connectivity index (χ3v) is 3.58. The summed E-state index contributed by atoms with van der Waals surface area (Å²) in [6, 6.07) is 10.7. The minimum atomic E-state index is -0.477. The summed E-state index contributed by atoms with van der Waals surface area (Å²) in [7, 11) is 0. The highest BCUT2D eigenvalue weighted by Gasteiger charge is 2.12. The number of nitro groups is 1. The van der Waals surface area contributed by atoms with Crippen molar-refractivity contribution < 1.29 is 14.2 Å². The molecular weight excluding hydrogens is 357 g/mol. The Kier molecular flexibility index (Phi) is 4.64. The Morgan fingerprint density at radius 1 is 1.17 bits per heavy atom. The van der Waals surface area contributed by atoms with Crippen molar-refractivity contribution in [1.29, 1.82) is 0 Å². The van der Waals surface area contributed by atoms with Crippen molar-refractivity contribution in [3.63, 3.8) is 0 Å². The van der Waals surface area contributed by atoms with Crippen LogP contribution in [0.5, 0.6) is 5.75 Å². The first-order valence-corrected chi connectivity index (χ1v) is 7.44. The van der Waals surface area contributed by atoms with E-state index >= 15 is 0 Å². The summed E-state index contributed by atoms with van der Waals surface area (Å²) >= 11 is 11.8. The second-order valence-electron chi connectivity index (χ2n) is 4.68. The molecule has 0 aliphatic carbocycles. The monoisotopic (exact) mass is 365 g/mol. The van der Waals surface area contributed by atoms with E-state index in [0.717, 1.165) is 0 Å². The molecule has 2 aromatic carbocycles. The van der Waals surface area contributed by atoms with Crippen LogP contribution < -0.4 is 4.74 Å². The molecule has 0 aliphatic heterocycles. The molecule has 9 heteroatoms. The van der Waals surface area contributed by atoms with E-state index < -0.39 is 4.92 Å². The zero-order chi connectivity index (χ0) is 17.1. The molecule has 24 heavy (non-hydrogen) atoms. The zero-order valence-corrected chi connectivity index (χ0v) is 13.5. The third-order valence-electron chi connectivity index (χ3n) is 3.05. The summed E-state index contributed by atoms with van der Waals surface area (Å²) in [6.07, 6.45) is 0. The number of aromatic nitrogens is 2. The van der Waals surface area contributed by atoms with Crippen molar-refractivity contribution in [3.8, 4) is 17.1 Å². The molecule has 1 heterocycles. The lowest BCUT2D eigenvalue weighted by Crippen LogP contribution is -1.96. The van der Waals surface area contributed by atoms with Crippen LogP contribution in [-0.2, 0) is 6.61 Å². The maximum atomic E-state index is 10.6. The van der Waals surface area contributed by atoms with Gasteiger partial charge in [0, 0.05) is 22.7 Å². The molecule has 1 aromatic heterocycles. The quantitative estimate of drug-likeness (QED) is 0.487. The van der Waals surface area contributed by atoms with Gasteiger partial charge in [0.05, 0.1) is 9.95 Å². The molecule has 122 valence electrons. The van der Waals surface area contributed by atoms with Crippen molar-refractivity contribution in [3.05, 3.63) is 68.5 Å². The lowest BCUT2D eigenvalue weighted by Gasteiger charge is -2.05.